The largest absolute Gasteiger partial charge is 0.114 e. The Morgan fingerprint density at radius 2 is 2.25 bits per heavy atom. The van der Waals surface area contributed by atoms with Crippen LogP contribution in [0, 0.1) is 11.8 Å². The van der Waals surface area contributed by atoms with Crippen molar-refractivity contribution < 1.29 is 0 Å². The van der Waals surface area contributed by atoms with Crippen molar-refractivity contribution in [3.63, 3.8) is 0 Å². The molecular weight excluding hydrogens is 116 g/mol. The number of rotatable bonds is 2. The summed E-state index contributed by atoms with van der Waals surface area (Å²) in [5, 5.41) is 2.35. The Kier molecular flexibility index (Phi) is 6.36. The second-order valence-electron chi connectivity index (χ2n) is 1.51. The van der Waals surface area contributed by atoms with Crippen molar-refractivity contribution in [3.05, 3.63) is 0 Å². The lowest BCUT2D eigenvalue weighted by molar-refractivity contribution is 0.828. The maximum Gasteiger partial charge on any atom is 0.114 e. The van der Waals surface area contributed by atoms with Crippen LogP contribution in [0.25, 0.3) is 0 Å². The smallest absolute Gasteiger partial charge is 0.0969 e. The van der Waals surface area contributed by atoms with Gasteiger partial charge in [-0.05, 0) is 6.42 Å². The topological polar surface area (TPSA) is 0 Å². The number of hydrogen-bond acceptors (Lipinski definition) is 1. The summed E-state index contributed by atoms with van der Waals surface area (Å²) in [6.07, 6.45) is 3.33. The third kappa shape index (κ3) is 5.65. The zero-order valence-electron chi connectivity index (χ0n) is 5.03. The van der Waals surface area contributed by atoms with Crippen molar-refractivity contribution in [1.82, 2.24) is 0 Å². The lowest BCUT2D eigenvalue weighted by atomic mass is 10.3. The molecule has 0 aromatic heterocycles. The third-order valence-electron chi connectivity index (χ3n) is 0.795. The minimum absolute atomic E-state index is 0.958. The van der Waals surface area contributed by atoms with E-state index in [4.69, 9.17) is 0 Å². The SMILES string of the molecule is CCCCC#C[C]=S. The molecule has 0 N–H and O–H groups in total. The van der Waals surface area contributed by atoms with Gasteiger partial charge in [-0.25, -0.2) is 0 Å². The van der Waals surface area contributed by atoms with E-state index in [0.29, 0.717) is 0 Å². The van der Waals surface area contributed by atoms with Gasteiger partial charge in [0, 0.05) is 6.42 Å². The molecule has 1 radical (unpaired) electrons. The van der Waals surface area contributed by atoms with Crippen LogP contribution in [0.15, 0.2) is 0 Å². The van der Waals surface area contributed by atoms with Crippen LogP contribution in [0.1, 0.15) is 26.2 Å². The van der Waals surface area contributed by atoms with Gasteiger partial charge in [0.05, 0.1) is 0 Å². The zero-order chi connectivity index (χ0) is 6.24. The summed E-state index contributed by atoms with van der Waals surface area (Å²) in [6, 6.07) is 0. The van der Waals surface area contributed by atoms with Crippen molar-refractivity contribution in [1.29, 1.82) is 0 Å². The average molecular weight is 125 g/mol. The van der Waals surface area contributed by atoms with Crippen LogP contribution in [-0.2, 0) is 0 Å². The van der Waals surface area contributed by atoms with Crippen LogP contribution in [0.2, 0.25) is 0 Å². The molecular formula is C7H9S. The zero-order valence-corrected chi connectivity index (χ0v) is 5.85. The number of thiocarbonyl (C=S) groups is 1. The Labute approximate surface area is 56.3 Å². The molecule has 0 aliphatic carbocycles. The Balaban J connectivity index is 3.02. The van der Waals surface area contributed by atoms with Gasteiger partial charge in [0.25, 0.3) is 0 Å². The molecule has 0 aromatic rings. The first kappa shape index (κ1) is 7.65. The van der Waals surface area contributed by atoms with E-state index in [9.17, 15) is 0 Å². The molecule has 0 rings (SSSR count). The third-order valence-corrected chi connectivity index (χ3v) is 0.897. The summed E-state index contributed by atoms with van der Waals surface area (Å²) in [5.41, 5.74) is 0. The first-order valence-electron chi connectivity index (χ1n) is 2.76. The van der Waals surface area contributed by atoms with Crippen molar-refractivity contribution in [2.45, 2.75) is 26.2 Å². The lowest BCUT2D eigenvalue weighted by Gasteiger charge is -1.80. The summed E-state index contributed by atoms with van der Waals surface area (Å²) in [6.45, 7) is 2.14. The van der Waals surface area contributed by atoms with Crippen LogP contribution in [0.5, 0.6) is 0 Å². The van der Waals surface area contributed by atoms with Gasteiger partial charge >= 0.3 is 0 Å². The molecule has 0 aliphatic rings. The minimum atomic E-state index is 0.958. The van der Waals surface area contributed by atoms with E-state index in [-0.39, 0.29) is 0 Å². The summed E-state index contributed by atoms with van der Waals surface area (Å²) in [4.78, 5) is 0. The molecule has 43 valence electrons. The van der Waals surface area contributed by atoms with Crippen molar-refractivity contribution in [2.24, 2.45) is 0 Å². The fourth-order valence-corrected chi connectivity index (χ4v) is 0.436. The molecule has 0 amide bonds. The van der Waals surface area contributed by atoms with Crippen LogP contribution >= 0.6 is 12.2 Å². The molecule has 0 heterocycles. The summed E-state index contributed by atoms with van der Waals surface area (Å²) in [5.74, 6) is 5.47. The van der Waals surface area contributed by atoms with E-state index >= 15 is 0 Å². The highest BCUT2D eigenvalue weighted by Gasteiger charge is 1.73. The molecule has 0 saturated carbocycles. The molecule has 8 heavy (non-hydrogen) atoms. The van der Waals surface area contributed by atoms with Gasteiger partial charge in [-0.15, -0.1) is 0 Å². The summed E-state index contributed by atoms with van der Waals surface area (Å²) < 4.78 is 0. The predicted octanol–water partition coefficient (Wildman–Crippen LogP) is 2.06. The minimum Gasteiger partial charge on any atom is -0.0969 e. The maximum absolute atomic E-state index is 4.38. The van der Waals surface area contributed by atoms with Crippen molar-refractivity contribution in [3.8, 4) is 11.8 Å². The van der Waals surface area contributed by atoms with Gasteiger partial charge < -0.3 is 0 Å². The molecule has 0 aliphatic heterocycles. The van der Waals surface area contributed by atoms with E-state index < -0.39 is 0 Å². The molecule has 0 unspecified atom stereocenters. The van der Waals surface area contributed by atoms with E-state index in [2.05, 4.69) is 36.3 Å². The van der Waals surface area contributed by atoms with Crippen LogP contribution in [0.3, 0.4) is 0 Å². The summed E-state index contributed by atoms with van der Waals surface area (Å²) >= 11 is 4.38. The monoisotopic (exact) mass is 125 g/mol. The normalized spacial score (nSPS) is 7.12. The maximum atomic E-state index is 4.38. The van der Waals surface area contributed by atoms with Crippen LogP contribution in [0.4, 0.5) is 0 Å². The Morgan fingerprint density at radius 3 is 2.75 bits per heavy atom. The number of unbranched alkanes of at least 4 members (excludes halogenated alkanes) is 2. The average Bonchev–Trinajstić information content (AvgIpc) is 1.81. The Hall–Kier alpha value is -0.350. The Bertz CT molecular complexity index is 105. The highest BCUT2D eigenvalue weighted by Crippen LogP contribution is 1.89. The first-order chi connectivity index (χ1) is 3.91. The van der Waals surface area contributed by atoms with Crippen LogP contribution in [-0.4, -0.2) is 5.37 Å². The molecule has 1 heteroatoms. The molecule has 0 saturated heterocycles. The highest BCUT2D eigenvalue weighted by molar-refractivity contribution is 7.79. The van der Waals surface area contributed by atoms with Crippen LogP contribution < -0.4 is 0 Å². The van der Waals surface area contributed by atoms with Gasteiger partial charge in [0.1, 0.15) is 5.37 Å². The number of hydrogen-bond donors (Lipinski definition) is 0. The second kappa shape index (κ2) is 6.65. The summed E-state index contributed by atoms with van der Waals surface area (Å²) in [7, 11) is 0. The molecule has 0 nitrogen and oxygen atoms in total. The van der Waals surface area contributed by atoms with E-state index in [1.54, 1.807) is 0 Å². The van der Waals surface area contributed by atoms with Gasteiger partial charge in [-0.3, -0.25) is 0 Å². The Morgan fingerprint density at radius 1 is 1.50 bits per heavy atom. The first-order valence-corrected chi connectivity index (χ1v) is 3.17. The molecule has 0 bridgehead atoms. The standard InChI is InChI=1S/C7H9S/c1-2-3-4-5-6-7-8/h2-4H2,1H3. The molecule has 0 fully saturated rings. The van der Waals surface area contributed by atoms with Gasteiger partial charge in [0.15, 0.2) is 0 Å². The highest BCUT2D eigenvalue weighted by atomic mass is 32.1. The van der Waals surface area contributed by atoms with E-state index in [1.807, 2.05) is 0 Å². The predicted molar refractivity (Wildman–Crippen MR) is 39.9 cm³/mol. The molecule has 0 atom stereocenters. The van der Waals surface area contributed by atoms with Gasteiger partial charge in [-0.1, -0.05) is 37.4 Å². The second-order valence-corrected chi connectivity index (χ2v) is 1.71. The van der Waals surface area contributed by atoms with Crippen molar-refractivity contribution in [2.75, 3.05) is 0 Å². The fraction of sp³-hybridized carbons (Fsp3) is 0.571. The van der Waals surface area contributed by atoms with E-state index in [0.717, 1.165) is 6.42 Å². The van der Waals surface area contributed by atoms with E-state index in [1.165, 1.54) is 12.8 Å². The lowest BCUT2D eigenvalue weighted by Crippen LogP contribution is -1.66. The quantitative estimate of drug-likeness (QED) is 0.309. The van der Waals surface area contributed by atoms with Gasteiger partial charge in [0.2, 0.25) is 0 Å². The van der Waals surface area contributed by atoms with Crippen molar-refractivity contribution >= 4 is 17.6 Å². The molecule has 0 spiro atoms. The van der Waals surface area contributed by atoms with Gasteiger partial charge in [-0.2, -0.15) is 0 Å². The fourth-order valence-electron chi connectivity index (χ4n) is 0.364. The molecule has 0 aromatic carbocycles.